The summed E-state index contributed by atoms with van der Waals surface area (Å²) in [5.41, 5.74) is 1.47. The maximum Gasteiger partial charge on any atom is 0.337 e. The summed E-state index contributed by atoms with van der Waals surface area (Å²) in [5.74, 6) is -1.51. The molecule has 0 aliphatic rings. The van der Waals surface area contributed by atoms with E-state index in [1.165, 1.54) is 18.2 Å². The van der Waals surface area contributed by atoms with Crippen LogP contribution in [-0.4, -0.2) is 17.0 Å². The maximum atomic E-state index is 12.4. The molecule has 0 spiro atoms. The van der Waals surface area contributed by atoms with Crippen LogP contribution in [-0.2, 0) is 6.42 Å². The number of aryl methyl sites for hydroxylation is 1. The van der Waals surface area contributed by atoms with E-state index < -0.39 is 5.97 Å². The molecule has 5 heteroatoms. The highest BCUT2D eigenvalue weighted by molar-refractivity contribution is 6.34. The number of benzene rings is 2. The molecule has 0 radical (unpaired) electrons. The number of hydrogen-bond acceptors (Lipinski definition) is 2. The van der Waals surface area contributed by atoms with Gasteiger partial charge in [-0.15, -0.1) is 0 Å². The quantitative estimate of drug-likeness (QED) is 0.901. The van der Waals surface area contributed by atoms with Crippen molar-refractivity contribution in [3.63, 3.8) is 0 Å². The molecular weight excluding hydrogens is 290 g/mol. The molecule has 0 saturated heterocycles. The Kier molecular flexibility index (Phi) is 4.60. The number of carboxylic acids is 1. The first-order valence-corrected chi connectivity index (χ1v) is 6.83. The highest BCUT2D eigenvalue weighted by Crippen LogP contribution is 2.27. The normalized spacial score (nSPS) is 10.2. The second kappa shape index (κ2) is 6.41. The molecule has 1 amide bonds. The Balaban J connectivity index is 2.38. The molecule has 0 saturated carbocycles. The van der Waals surface area contributed by atoms with Gasteiger partial charge in [0.1, 0.15) is 0 Å². The van der Waals surface area contributed by atoms with Gasteiger partial charge in [-0.3, -0.25) is 4.79 Å². The largest absolute Gasteiger partial charge is 0.478 e. The van der Waals surface area contributed by atoms with Crippen LogP contribution in [0.5, 0.6) is 0 Å². The van der Waals surface area contributed by atoms with Gasteiger partial charge in [-0.1, -0.05) is 42.8 Å². The second-order valence-corrected chi connectivity index (χ2v) is 4.84. The average molecular weight is 304 g/mol. The van der Waals surface area contributed by atoms with E-state index in [1.54, 1.807) is 12.1 Å². The number of para-hydroxylation sites is 1. The Labute approximate surface area is 127 Å². The molecule has 2 aromatic rings. The molecule has 0 aliphatic heterocycles. The predicted octanol–water partition coefficient (Wildman–Crippen LogP) is 3.85. The summed E-state index contributed by atoms with van der Waals surface area (Å²) in [4.78, 5) is 23.6. The fourth-order valence-electron chi connectivity index (χ4n) is 2.06. The molecule has 4 nitrogen and oxygen atoms in total. The minimum atomic E-state index is -1.14. The first kappa shape index (κ1) is 15.1. The first-order valence-electron chi connectivity index (χ1n) is 6.45. The Hall–Kier alpha value is -2.33. The summed E-state index contributed by atoms with van der Waals surface area (Å²) < 4.78 is 0. The summed E-state index contributed by atoms with van der Waals surface area (Å²) in [6.45, 7) is 1.95. The first-order chi connectivity index (χ1) is 10.0. The molecule has 0 aliphatic carbocycles. The van der Waals surface area contributed by atoms with E-state index in [0.717, 1.165) is 5.56 Å². The smallest absolute Gasteiger partial charge is 0.337 e. The lowest BCUT2D eigenvalue weighted by Gasteiger charge is -2.12. The summed E-state index contributed by atoms with van der Waals surface area (Å²) in [5, 5.41) is 12.0. The summed E-state index contributed by atoms with van der Waals surface area (Å²) in [6, 6.07) is 11.6. The van der Waals surface area contributed by atoms with E-state index >= 15 is 0 Å². The number of nitrogens with one attached hydrogen (secondary N) is 1. The van der Waals surface area contributed by atoms with Crippen LogP contribution in [0, 0.1) is 0 Å². The van der Waals surface area contributed by atoms with Crippen LogP contribution in [0.4, 0.5) is 5.69 Å². The van der Waals surface area contributed by atoms with Gasteiger partial charge in [0.15, 0.2) is 0 Å². The number of rotatable bonds is 4. The number of carboxylic acid groups (broad SMARTS) is 1. The van der Waals surface area contributed by atoms with Crippen LogP contribution < -0.4 is 5.32 Å². The molecular formula is C16H14ClNO3. The Morgan fingerprint density at radius 2 is 1.76 bits per heavy atom. The van der Waals surface area contributed by atoms with Crippen LogP contribution >= 0.6 is 11.6 Å². The molecule has 2 aromatic carbocycles. The number of carbonyl (C=O) groups excluding carboxylic acids is 1. The molecule has 2 rings (SSSR count). The standard InChI is InChI=1S/C16H14ClNO3/c1-2-10-6-3-4-7-11(10)15(19)18-14-12(16(20)21)8-5-9-13(14)17/h3-9H,2H2,1H3,(H,18,19)(H,20,21). The summed E-state index contributed by atoms with van der Waals surface area (Å²) in [6.07, 6.45) is 0.706. The molecule has 2 N–H and O–H groups in total. The lowest BCUT2D eigenvalue weighted by molar-refractivity contribution is 0.0698. The van der Waals surface area contributed by atoms with E-state index in [9.17, 15) is 9.59 Å². The Morgan fingerprint density at radius 3 is 2.43 bits per heavy atom. The van der Waals surface area contributed by atoms with E-state index in [-0.39, 0.29) is 22.2 Å². The number of anilines is 1. The number of halogens is 1. The topological polar surface area (TPSA) is 66.4 Å². The zero-order valence-electron chi connectivity index (χ0n) is 11.4. The monoisotopic (exact) mass is 303 g/mol. The number of amides is 1. The van der Waals surface area contributed by atoms with Crippen molar-refractivity contribution in [1.29, 1.82) is 0 Å². The van der Waals surface area contributed by atoms with Crippen molar-refractivity contribution in [2.45, 2.75) is 13.3 Å². The summed E-state index contributed by atoms with van der Waals surface area (Å²) >= 11 is 6.00. The highest BCUT2D eigenvalue weighted by atomic mass is 35.5. The Bertz CT molecular complexity index is 698. The molecule has 0 atom stereocenters. The third kappa shape index (κ3) is 3.23. The van der Waals surface area contributed by atoms with Gasteiger partial charge in [-0.25, -0.2) is 4.79 Å². The number of hydrogen-bond donors (Lipinski definition) is 2. The van der Waals surface area contributed by atoms with Crippen molar-refractivity contribution in [3.8, 4) is 0 Å². The molecule has 0 fully saturated rings. The van der Waals surface area contributed by atoms with Gasteiger partial charge in [0.2, 0.25) is 0 Å². The van der Waals surface area contributed by atoms with Gasteiger partial charge < -0.3 is 10.4 Å². The van der Waals surface area contributed by atoms with Crippen molar-refractivity contribution in [2.75, 3.05) is 5.32 Å². The lowest BCUT2D eigenvalue weighted by Crippen LogP contribution is -2.16. The minimum absolute atomic E-state index is 0.0372. The number of aromatic carboxylic acids is 1. The summed E-state index contributed by atoms with van der Waals surface area (Å²) in [7, 11) is 0. The molecule has 0 heterocycles. The zero-order chi connectivity index (χ0) is 15.4. The molecule has 0 bridgehead atoms. The van der Waals surface area contributed by atoms with E-state index in [0.29, 0.717) is 12.0 Å². The average Bonchev–Trinajstić information content (AvgIpc) is 2.48. The maximum absolute atomic E-state index is 12.4. The highest BCUT2D eigenvalue weighted by Gasteiger charge is 2.17. The van der Waals surface area contributed by atoms with Crippen LogP contribution in [0.15, 0.2) is 42.5 Å². The van der Waals surface area contributed by atoms with Crippen molar-refractivity contribution in [1.82, 2.24) is 0 Å². The van der Waals surface area contributed by atoms with Crippen LogP contribution in [0.2, 0.25) is 5.02 Å². The van der Waals surface area contributed by atoms with Gasteiger partial charge in [0, 0.05) is 5.56 Å². The molecule has 108 valence electrons. The molecule has 21 heavy (non-hydrogen) atoms. The van der Waals surface area contributed by atoms with Gasteiger partial charge >= 0.3 is 5.97 Å². The SMILES string of the molecule is CCc1ccccc1C(=O)Nc1c(Cl)cccc1C(=O)O. The Morgan fingerprint density at radius 1 is 1.10 bits per heavy atom. The van der Waals surface area contributed by atoms with Gasteiger partial charge in [0.25, 0.3) is 5.91 Å². The van der Waals surface area contributed by atoms with Crippen molar-refractivity contribution in [2.24, 2.45) is 0 Å². The predicted molar refractivity (Wildman–Crippen MR) is 82.2 cm³/mol. The lowest BCUT2D eigenvalue weighted by atomic mass is 10.0. The van der Waals surface area contributed by atoms with Crippen LogP contribution in [0.25, 0.3) is 0 Å². The van der Waals surface area contributed by atoms with E-state index in [4.69, 9.17) is 16.7 Å². The number of carbonyl (C=O) groups is 2. The van der Waals surface area contributed by atoms with Gasteiger partial charge in [-0.2, -0.15) is 0 Å². The third-order valence-electron chi connectivity index (χ3n) is 3.13. The van der Waals surface area contributed by atoms with Crippen LogP contribution in [0.3, 0.4) is 0 Å². The van der Waals surface area contributed by atoms with Gasteiger partial charge in [-0.05, 0) is 30.2 Å². The fraction of sp³-hybridized carbons (Fsp3) is 0.125. The van der Waals surface area contributed by atoms with Crippen molar-refractivity contribution in [3.05, 3.63) is 64.2 Å². The van der Waals surface area contributed by atoms with E-state index in [1.807, 2.05) is 19.1 Å². The molecule has 0 unspecified atom stereocenters. The zero-order valence-corrected chi connectivity index (χ0v) is 12.1. The molecule has 0 aromatic heterocycles. The van der Waals surface area contributed by atoms with Crippen molar-refractivity contribution < 1.29 is 14.7 Å². The third-order valence-corrected chi connectivity index (χ3v) is 3.44. The van der Waals surface area contributed by atoms with Gasteiger partial charge in [0.05, 0.1) is 16.3 Å². The van der Waals surface area contributed by atoms with E-state index in [2.05, 4.69) is 5.32 Å². The minimum Gasteiger partial charge on any atom is -0.478 e. The second-order valence-electron chi connectivity index (χ2n) is 4.43. The van der Waals surface area contributed by atoms with Crippen molar-refractivity contribution >= 4 is 29.2 Å². The fourth-order valence-corrected chi connectivity index (χ4v) is 2.28. The van der Waals surface area contributed by atoms with Crippen LogP contribution in [0.1, 0.15) is 33.2 Å².